The number of aliphatic hydroxyl groups is 1. The molecule has 0 aliphatic carbocycles. The van der Waals surface area contributed by atoms with Gasteiger partial charge in [-0.05, 0) is 43.2 Å². The minimum atomic E-state index is -3.72. The van der Waals surface area contributed by atoms with Gasteiger partial charge in [-0.2, -0.15) is 0 Å². The van der Waals surface area contributed by atoms with Gasteiger partial charge in [-0.15, -0.1) is 0 Å². The van der Waals surface area contributed by atoms with E-state index in [4.69, 9.17) is 0 Å². The Bertz CT molecular complexity index is 801. The van der Waals surface area contributed by atoms with Crippen molar-refractivity contribution in [2.24, 2.45) is 0 Å². The maximum absolute atomic E-state index is 12.8. The number of nitrogens with one attached hydrogen (secondary N) is 1. The molecule has 0 fully saturated rings. The van der Waals surface area contributed by atoms with Gasteiger partial charge in [-0.3, -0.25) is 4.79 Å². The van der Waals surface area contributed by atoms with Crippen LogP contribution in [0.2, 0.25) is 0 Å². The molecule has 0 bridgehead atoms. The van der Waals surface area contributed by atoms with Gasteiger partial charge in [-0.1, -0.05) is 24.3 Å². The summed E-state index contributed by atoms with van der Waals surface area (Å²) in [6.07, 6.45) is -0.746. The fourth-order valence-electron chi connectivity index (χ4n) is 2.13. The predicted molar refractivity (Wildman–Crippen MR) is 87.6 cm³/mol. The third-order valence-electron chi connectivity index (χ3n) is 3.54. The van der Waals surface area contributed by atoms with E-state index >= 15 is 0 Å². The molecule has 128 valence electrons. The Morgan fingerprint density at radius 3 is 2.25 bits per heavy atom. The van der Waals surface area contributed by atoms with Crippen LogP contribution in [-0.2, 0) is 10.0 Å². The van der Waals surface area contributed by atoms with Crippen molar-refractivity contribution in [1.82, 2.24) is 4.72 Å². The van der Waals surface area contributed by atoms with Crippen molar-refractivity contribution in [3.63, 3.8) is 0 Å². The topological polar surface area (TPSA) is 83.5 Å². The number of Topliss-reactive ketones (excluding diaryl/α,β-unsaturated/α-hetero) is 1. The van der Waals surface area contributed by atoms with E-state index in [0.717, 1.165) is 0 Å². The van der Waals surface area contributed by atoms with E-state index < -0.39 is 21.9 Å². The van der Waals surface area contributed by atoms with Crippen molar-refractivity contribution in [3.8, 4) is 0 Å². The summed E-state index contributed by atoms with van der Waals surface area (Å²) in [6, 6.07) is 11.0. The van der Waals surface area contributed by atoms with E-state index in [1.807, 2.05) is 0 Å². The lowest BCUT2D eigenvalue weighted by Crippen LogP contribution is -2.26. The molecule has 2 N–H and O–H groups in total. The summed E-state index contributed by atoms with van der Waals surface area (Å²) in [5.41, 5.74) is 0.946. The highest BCUT2D eigenvalue weighted by molar-refractivity contribution is 7.89. The van der Waals surface area contributed by atoms with Gasteiger partial charge in [0.05, 0.1) is 11.0 Å². The molecular weight excluding hydrogens is 333 g/mol. The molecule has 1 atom stereocenters. The number of halogens is 1. The molecule has 0 radical (unpaired) electrons. The van der Waals surface area contributed by atoms with Gasteiger partial charge in [0.2, 0.25) is 10.0 Å². The molecule has 2 aromatic carbocycles. The highest BCUT2D eigenvalue weighted by atomic mass is 32.2. The van der Waals surface area contributed by atoms with E-state index in [2.05, 4.69) is 4.72 Å². The van der Waals surface area contributed by atoms with Gasteiger partial charge in [0, 0.05) is 12.1 Å². The number of carbonyl (C=O) groups excluding carboxylic acids is 1. The Kier molecular flexibility index (Phi) is 5.82. The first-order valence-electron chi connectivity index (χ1n) is 7.34. The van der Waals surface area contributed by atoms with E-state index in [9.17, 15) is 22.7 Å². The van der Waals surface area contributed by atoms with E-state index in [-0.39, 0.29) is 23.6 Å². The molecule has 0 spiro atoms. The van der Waals surface area contributed by atoms with Crippen molar-refractivity contribution in [2.75, 3.05) is 6.54 Å². The first-order valence-corrected chi connectivity index (χ1v) is 8.82. The Balaban J connectivity index is 1.94. The molecule has 1 unspecified atom stereocenters. The van der Waals surface area contributed by atoms with Gasteiger partial charge >= 0.3 is 0 Å². The zero-order chi connectivity index (χ0) is 17.7. The average molecular weight is 351 g/mol. The minimum Gasteiger partial charge on any atom is -0.388 e. The first-order chi connectivity index (χ1) is 11.3. The van der Waals surface area contributed by atoms with E-state index in [0.29, 0.717) is 11.1 Å². The fraction of sp³-hybridized carbons (Fsp3) is 0.235. The van der Waals surface area contributed by atoms with Crippen LogP contribution in [0.3, 0.4) is 0 Å². The number of rotatable bonds is 7. The lowest BCUT2D eigenvalue weighted by molar-refractivity contribution is 0.101. The quantitative estimate of drug-likeness (QED) is 0.751. The van der Waals surface area contributed by atoms with Crippen molar-refractivity contribution in [1.29, 1.82) is 0 Å². The lowest BCUT2D eigenvalue weighted by Gasteiger charge is -2.12. The summed E-state index contributed by atoms with van der Waals surface area (Å²) in [4.78, 5) is 11.2. The van der Waals surface area contributed by atoms with Crippen LogP contribution in [0.5, 0.6) is 0 Å². The Labute approximate surface area is 140 Å². The number of sulfonamides is 1. The van der Waals surface area contributed by atoms with Gasteiger partial charge in [0.1, 0.15) is 5.82 Å². The monoisotopic (exact) mass is 351 g/mol. The number of aliphatic hydroxyl groups excluding tert-OH is 1. The Hall–Kier alpha value is -2.09. The third kappa shape index (κ3) is 4.70. The third-order valence-corrected chi connectivity index (χ3v) is 5.01. The van der Waals surface area contributed by atoms with Crippen LogP contribution in [0.4, 0.5) is 4.39 Å². The summed E-state index contributed by atoms with van der Waals surface area (Å²) in [5, 5.41) is 9.98. The molecule has 7 heteroatoms. The fourth-order valence-corrected chi connectivity index (χ4v) is 3.18. The highest BCUT2D eigenvalue weighted by Gasteiger charge is 2.15. The van der Waals surface area contributed by atoms with Gasteiger partial charge in [0.25, 0.3) is 0 Å². The molecule has 2 aromatic rings. The molecular formula is C17H18FNO4S. The van der Waals surface area contributed by atoms with E-state index in [1.54, 1.807) is 0 Å². The maximum atomic E-state index is 12.8. The van der Waals surface area contributed by atoms with Gasteiger partial charge in [-0.25, -0.2) is 17.5 Å². The second kappa shape index (κ2) is 7.65. The molecule has 0 aliphatic rings. The number of ketones is 1. The summed E-state index contributed by atoms with van der Waals surface area (Å²) < 4.78 is 39.5. The van der Waals surface area contributed by atoms with Crippen LogP contribution in [0.1, 0.15) is 35.4 Å². The first kappa shape index (κ1) is 18.3. The van der Waals surface area contributed by atoms with Crippen molar-refractivity contribution >= 4 is 15.8 Å². The molecule has 0 aliphatic heterocycles. The Morgan fingerprint density at radius 2 is 1.71 bits per heavy atom. The maximum Gasteiger partial charge on any atom is 0.240 e. The van der Waals surface area contributed by atoms with Gasteiger partial charge < -0.3 is 5.11 Å². The molecule has 2 rings (SSSR count). The number of hydrogen-bond acceptors (Lipinski definition) is 4. The molecule has 0 heterocycles. The van der Waals surface area contributed by atoms with Crippen molar-refractivity contribution in [3.05, 3.63) is 65.5 Å². The number of carbonyl (C=O) groups is 1. The number of hydrogen-bond donors (Lipinski definition) is 2. The smallest absolute Gasteiger partial charge is 0.240 e. The number of benzene rings is 2. The zero-order valence-electron chi connectivity index (χ0n) is 13.1. The zero-order valence-corrected chi connectivity index (χ0v) is 13.9. The van der Waals surface area contributed by atoms with E-state index in [1.165, 1.54) is 55.5 Å². The van der Waals surface area contributed by atoms with Crippen molar-refractivity contribution in [2.45, 2.75) is 24.3 Å². The summed E-state index contributed by atoms with van der Waals surface area (Å²) in [6.45, 7) is 1.42. The van der Waals surface area contributed by atoms with Gasteiger partial charge in [0.15, 0.2) is 5.78 Å². The van der Waals surface area contributed by atoms with Crippen LogP contribution in [0.25, 0.3) is 0 Å². The molecule has 24 heavy (non-hydrogen) atoms. The predicted octanol–water partition coefficient (Wildman–Crippen LogP) is 2.43. The standard InChI is InChI=1S/C17H18FNO4S/c1-12(20)13-4-8-16(9-5-13)24(22,23)19-11-10-17(21)14-2-6-15(18)7-3-14/h2-9,17,19,21H,10-11H2,1H3. The van der Waals surface area contributed by atoms with Crippen LogP contribution in [0, 0.1) is 5.82 Å². The molecule has 0 aromatic heterocycles. The van der Waals surface area contributed by atoms with Crippen molar-refractivity contribution < 1.29 is 22.7 Å². The van der Waals surface area contributed by atoms with Crippen LogP contribution < -0.4 is 4.72 Å². The highest BCUT2D eigenvalue weighted by Crippen LogP contribution is 2.17. The average Bonchev–Trinajstić information content (AvgIpc) is 2.55. The summed E-state index contributed by atoms with van der Waals surface area (Å²) in [5.74, 6) is -0.546. The second-order valence-electron chi connectivity index (χ2n) is 5.33. The molecule has 0 amide bonds. The van der Waals surface area contributed by atoms with Crippen LogP contribution >= 0.6 is 0 Å². The molecule has 5 nitrogen and oxygen atoms in total. The molecule has 0 saturated carbocycles. The van der Waals surface area contributed by atoms with Crippen LogP contribution in [0.15, 0.2) is 53.4 Å². The molecule has 0 saturated heterocycles. The Morgan fingerprint density at radius 1 is 1.12 bits per heavy atom. The largest absolute Gasteiger partial charge is 0.388 e. The SMILES string of the molecule is CC(=O)c1ccc(S(=O)(=O)NCCC(O)c2ccc(F)cc2)cc1. The lowest BCUT2D eigenvalue weighted by atomic mass is 10.1. The minimum absolute atomic E-state index is 0.0232. The second-order valence-corrected chi connectivity index (χ2v) is 7.10. The summed E-state index contributed by atoms with van der Waals surface area (Å²) >= 11 is 0. The summed E-state index contributed by atoms with van der Waals surface area (Å²) in [7, 11) is -3.72. The van der Waals surface area contributed by atoms with Crippen LogP contribution in [-0.4, -0.2) is 25.9 Å². The normalized spacial score (nSPS) is 12.8.